The summed E-state index contributed by atoms with van der Waals surface area (Å²) >= 11 is 1.59. The quantitative estimate of drug-likeness (QED) is 0.721. The second-order valence-electron chi connectivity index (χ2n) is 4.19. The number of hydrogen-bond acceptors (Lipinski definition) is 3. The zero-order chi connectivity index (χ0) is 10.6. The van der Waals surface area contributed by atoms with E-state index < -0.39 is 5.97 Å². The minimum atomic E-state index is -0.944. The summed E-state index contributed by atoms with van der Waals surface area (Å²) in [4.78, 5) is 24.9. The van der Waals surface area contributed by atoms with Crippen LogP contribution in [0.2, 0.25) is 0 Å². The standard InChI is InChI=1S/C10H11NO3S/c12-6-4-7-11(6)8(10(13)14)9(15-7)5-2-1-3-5/h5,7H,1-4H2,(H,13,14)/t7-/m1/s1. The van der Waals surface area contributed by atoms with Gasteiger partial charge in [0.2, 0.25) is 5.91 Å². The molecule has 1 saturated heterocycles. The van der Waals surface area contributed by atoms with Crippen molar-refractivity contribution < 1.29 is 14.7 Å². The molecule has 4 nitrogen and oxygen atoms in total. The van der Waals surface area contributed by atoms with E-state index >= 15 is 0 Å². The van der Waals surface area contributed by atoms with Crippen molar-refractivity contribution in [1.29, 1.82) is 0 Å². The number of carboxylic acids is 1. The Morgan fingerprint density at radius 3 is 2.67 bits per heavy atom. The van der Waals surface area contributed by atoms with E-state index in [0.29, 0.717) is 12.3 Å². The SMILES string of the molecule is O=C(O)C1=C(C2CCC2)S[C@@H]2CC(=O)N12. The molecule has 5 heteroatoms. The third kappa shape index (κ3) is 1.16. The molecular formula is C10H11NO3S. The number of rotatable bonds is 2. The lowest BCUT2D eigenvalue weighted by molar-refractivity contribution is -0.145. The van der Waals surface area contributed by atoms with Crippen LogP contribution in [0.15, 0.2) is 10.6 Å². The van der Waals surface area contributed by atoms with Crippen LogP contribution in [0, 0.1) is 5.92 Å². The van der Waals surface area contributed by atoms with Gasteiger partial charge in [-0.1, -0.05) is 6.42 Å². The average molecular weight is 225 g/mol. The Kier molecular flexibility index (Phi) is 1.86. The van der Waals surface area contributed by atoms with Crippen molar-refractivity contribution >= 4 is 23.6 Å². The minimum absolute atomic E-state index is 0.0424. The fourth-order valence-corrected chi connectivity index (χ4v) is 3.81. The number of carbonyl (C=O) groups excluding carboxylic acids is 1. The number of amides is 1. The van der Waals surface area contributed by atoms with E-state index in [1.54, 1.807) is 11.8 Å². The highest BCUT2D eigenvalue weighted by Crippen LogP contribution is 2.52. The van der Waals surface area contributed by atoms with E-state index in [9.17, 15) is 9.59 Å². The molecule has 1 aliphatic carbocycles. The normalized spacial score (nSPS) is 30.0. The van der Waals surface area contributed by atoms with E-state index in [1.165, 1.54) is 11.3 Å². The fraction of sp³-hybridized carbons (Fsp3) is 0.600. The first-order valence-corrected chi connectivity index (χ1v) is 6.02. The third-order valence-electron chi connectivity index (χ3n) is 3.32. The molecule has 1 atom stereocenters. The number of thioether (sulfide) groups is 1. The number of carboxylic acid groups (broad SMARTS) is 1. The van der Waals surface area contributed by atoms with Crippen LogP contribution >= 0.6 is 11.8 Å². The Labute approximate surface area is 91.3 Å². The largest absolute Gasteiger partial charge is 0.477 e. The fourth-order valence-electron chi connectivity index (χ4n) is 2.24. The Balaban J connectivity index is 1.96. The highest BCUT2D eigenvalue weighted by Gasteiger charge is 2.50. The predicted molar refractivity (Wildman–Crippen MR) is 54.8 cm³/mol. The molecule has 0 aromatic rings. The van der Waals surface area contributed by atoms with Crippen LogP contribution in [0.3, 0.4) is 0 Å². The Bertz CT molecular complexity index is 386. The highest BCUT2D eigenvalue weighted by atomic mass is 32.2. The van der Waals surface area contributed by atoms with Gasteiger partial charge >= 0.3 is 5.97 Å². The van der Waals surface area contributed by atoms with Crippen molar-refractivity contribution in [2.75, 3.05) is 0 Å². The monoisotopic (exact) mass is 225 g/mol. The lowest BCUT2D eigenvalue weighted by Gasteiger charge is -2.33. The van der Waals surface area contributed by atoms with Crippen LogP contribution in [0.4, 0.5) is 0 Å². The number of β-lactam (4-membered cyclic amide) rings is 1. The summed E-state index contributed by atoms with van der Waals surface area (Å²) in [5, 5.41) is 9.21. The van der Waals surface area contributed by atoms with Crippen LogP contribution in [-0.2, 0) is 9.59 Å². The molecule has 0 spiro atoms. The van der Waals surface area contributed by atoms with Gasteiger partial charge in [-0.25, -0.2) is 4.79 Å². The van der Waals surface area contributed by atoms with Crippen molar-refractivity contribution in [1.82, 2.24) is 4.90 Å². The molecule has 80 valence electrons. The van der Waals surface area contributed by atoms with Gasteiger partial charge in [0.25, 0.3) is 0 Å². The van der Waals surface area contributed by atoms with Crippen LogP contribution in [-0.4, -0.2) is 27.3 Å². The van der Waals surface area contributed by atoms with Crippen LogP contribution < -0.4 is 0 Å². The second kappa shape index (κ2) is 3.01. The predicted octanol–water partition coefficient (Wildman–Crippen LogP) is 1.39. The first kappa shape index (κ1) is 9.27. The Hall–Kier alpha value is -0.970. The van der Waals surface area contributed by atoms with Crippen LogP contribution in [0.1, 0.15) is 25.7 Å². The molecule has 0 radical (unpaired) electrons. The number of nitrogens with zero attached hydrogens (tertiary/aromatic N) is 1. The summed E-state index contributed by atoms with van der Waals surface area (Å²) in [5.74, 6) is -0.585. The lowest BCUT2D eigenvalue weighted by Crippen LogP contribution is -2.48. The van der Waals surface area contributed by atoms with Gasteiger partial charge in [-0.2, -0.15) is 0 Å². The molecule has 2 fully saturated rings. The molecule has 2 aliphatic heterocycles. The molecule has 1 amide bonds. The molecule has 2 heterocycles. The van der Waals surface area contributed by atoms with Crippen molar-refractivity contribution in [3.8, 4) is 0 Å². The maximum Gasteiger partial charge on any atom is 0.353 e. The van der Waals surface area contributed by atoms with Crippen LogP contribution in [0.5, 0.6) is 0 Å². The molecule has 0 aromatic carbocycles. The Morgan fingerprint density at radius 1 is 1.47 bits per heavy atom. The van der Waals surface area contributed by atoms with Gasteiger partial charge in [0.15, 0.2) is 0 Å². The number of hydrogen-bond donors (Lipinski definition) is 1. The zero-order valence-electron chi connectivity index (χ0n) is 8.10. The minimum Gasteiger partial charge on any atom is -0.477 e. The molecule has 1 N–H and O–H groups in total. The maximum atomic E-state index is 11.3. The third-order valence-corrected chi connectivity index (χ3v) is 4.75. The lowest BCUT2D eigenvalue weighted by atomic mass is 9.84. The van der Waals surface area contributed by atoms with Gasteiger partial charge in [0, 0.05) is 4.91 Å². The van der Waals surface area contributed by atoms with Gasteiger partial charge in [0.1, 0.15) is 5.70 Å². The molecule has 15 heavy (non-hydrogen) atoms. The average Bonchev–Trinajstić information content (AvgIpc) is 2.36. The summed E-state index contributed by atoms with van der Waals surface area (Å²) in [6, 6.07) is 0. The summed E-state index contributed by atoms with van der Waals surface area (Å²) in [6.45, 7) is 0. The van der Waals surface area contributed by atoms with Gasteiger partial charge in [-0.15, -0.1) is 11.8 Å². The molecule has 3 aliphatic rings. The molecule has 0 bridgehead atoms. The Morgan fingerprint density at radius 2 is 2.20 bits per heavy atom. The van der Waals surface area contributed by atoms with Gasteiger partial charge in [-0.05, 0) is 18.8 Å². The van der Waals surface area contributed by atoms with Crippen molar-refractivity contribution in [3.05, 3.63) is 10.6 Å². The van der Waals surface area contributed by atoms with Crippen molar-refractivity contribution in [2.24, 2.45) is 5.92 Å². The molecule has 0 unspecified atom stereocenters. The smallest absolute Gasteiger partial charge is 0.353 e. The first-order chi connectivity index (χ1) is 7.18. The number of aliphatic carboxylic acids is 1. The van der Waals surface area contributed by atoms with E-state index in [0.717, 1.165) is 17.7 Å². The van der Waals surface area contributed by atoms with Crippen molar-refractivity contribution in [3.63, 3.8) is 0 Å². The van der Waals surface area contributed by atoms with Gasteiger partial charge < -0.3 is 5.11 Å². The summed E-state index contributed by atoms with van der Waals surface area (Å²) in [5.41, 5.74) is 0.269. The zero-order valence-corrected chi connectivity index (χ0v) is 8.92. The number of fused-ring (bicyclic) bond motifs is 1. The topological polar surface area (TPSA) is 57.6 Å². The van der Waals surface area contributed by atoms with Crippen molar-refractivity contribution in [2.45, 2.75) is 31.1 Å². The van der Waals surface area contributed by atoms with E-state index in [-0.39, 0.29) is 17.0 Å². The number of carbonyl (C=O) groups is 2. The second-order valence-corrected chi connectivity index (χ2v) is 5.41. The maximum absolute atomic E-state index is 11.3. The van der Waals surface area contributed by atoms with Gasteiger partial charge in [-0.3, -0.25) is 9.69 Å². The van der Waals surface area contributed by atoms with E-state index in [4.69, 9.17) is 5.11 Å². The summed E-state index contributed by atoms with van der Waals surface area (Å²) in [6.07, 6.45) is 3.83. The van der Waals surface area contributed by atoms with Gasteiger partial charge in [0.05, 0.1) is 11.8 Å². The van der Waals surface area contributed by atoms with E-state index in [1.807, 2.05) is 0 Å². The first-order valence-electron chi connectivity index (χ1n) is 5.14. The molecular weight excluding hydrogens is 214 g/mol. The van der Waals surface area contributed by atoms with E-state index in [2.05, 4.69) is 0 Å². The highest BCUT2D eigenvalue weighted by molar-refractivity contribution is 8.04. The molecule has 3 rings (SSSR count). The van der Waals surface area contributed by atoms with Crippen LogP contribution in [0.25, 0.3) is 0 Å². The summed E-state index contributed by atoms with van der Waals surface area (Å²) < 4.78 is 0. The number of allylic oxidation sites excluding steroid dienone is 1. The summed E-state index contributed by atoms with van der Waals surface area (Å²) in [7, 11) is 0. The molecule has 1 saturated carbocycles. The molecule has 0 aromatic heterocycles.